The van der Waals surface area contributed by atoms with Gasteiger partial charge in [0.15, 0.2) is 11.5 Å². The number of halogens is 1. The number of aromatic nitrogens is 4. The molecule has 1 saturated heterocycles. The predicted octanol–water partition coefficient (Wildman–Crippen LogP) is 2.23. The molecule has 3 aromatic heterocycles. The van der Waals surface area contributed by atoms with Crippen molar-refractivity contribution >= 4 is 23.2 Å². The van der Waals surface area contributed by atoms with Crippen LogP contribution in [-0.4, -0.2) is 44.8 Å². The van der Waals surface area contributed by atoms with Gasteiger partial charge in [-0.2, -0.15) is 4.52 Å². The Morgan fingerprint density at radius 1 is 1.32 bits per heavy atom. The topological polar surface area (TPSA) is 75.4 Å². The number of hydrogen-bond donors (Lipinski definition) is 1. The number of aryl methyl sites for hydroxylation is 1. The average molecular weight is 340 g/mol. The molecule has 0 bridgehead atoms. The summed E-state index contributed by atoms with van der Waals surface area (Å²) in [6, 6.07) is 8.87. The van der Waals surface area contributed by atoms with Gasteiger partial charge < -0.3 is 10.2 Å². The number of nitrogens with zero attached hydrogens (tertiary/aromatic N) is 5. The van der Waals surface area contributed by atoms with Crippen molar-refractivity contribution in [1.29, 1.82) is 0 Å². The molecule has 1 fully saturated rings. The van der Waals surface area contributed by atoms with Gasteiger partial charge in [-0.05, 0) is 37.6 Å². The number of anilines is 2. The summed E-state index contributed by atoms with van der Waals surface area (Å²) in [6.07, 6.45) is 1.22. The Kier molecular flexibility index (Phi) is 3.79. The molecule has 1 aliphatic heterocycles. The van der Waals surface area contributed by atoms with E-state index in [0.717, 1.165) is 5.69 Å². The van der Waals surface area contributed by atoms with Crippen molar-refractivity contribution in [1.82, 2.24) is 19.6 Å². The maximum atomic E-state index is 13.4. The first kappa shape index (κ1) is 15.5. The van der Waals surface area contributed by atoms with E-state index in [9.17, 15) is 9.18 Å². The molecule has 1 atom stereocenters. The van der Waals surface area contributed by atoms with Crippen LogP contribution < -0.4 is 10.2 Å². The molecule has 25 heavy (non-hydrogen) atoms. The Morgan fingerprint density at radius 2 is 2.20 bits per heavy atom. The van der Waals surface area contributed by atoms with Crippen LogP contribution in [-0.2, 0) is 0 Å². The summed E-state index contributed by atoms with van der Waals surface area (Å²) < 4.78 is 15.0. The first-order valence-corrected chi connectivity index (χ1v) is 8.09. The van der Waals surface area contributed by atoms with E-state index in [2.05, 4.69) is 20.4 Å². The van der Waals surface area contributed by atoms with Crippen molar-refractivity contribution in [2.75, 3.05) is 23.3 Å². The minimum absolute atomic E-state index is 0.325. The summed E-state index contributed by atoms with van der Waals surface area (Å²) in [7, 11) is 0. The molecule has 0 aromatic carbocycles. The Hall–Kier alpha value is -3.03. The third-order valence-corrected chi connectivity index (χ3v) is 4.17. The highest BCUT2D eigenvalue weighted by Gasteiger charge is 2.23. The standard InChI is InChI=1S/C17H17FN6O/c1-11-3-2-4-13(20-11)17(25)21-16-9-19-14-5-6-15(22-24(14)16)23-8-7-12(18)10-23/h2-6,9,12H,7-8,10H2,1H3,(H,21,25)/t12-/m0/s1. The predicted molar refractivity (Wildman–Crippen MR) is 91.6 cm³/mol. The molecule has 4 rings (SSSR count). The zero-order valence-electron chi connectivity index (χ0n) is 13.7. The molecule has 4 heterocycles. The van der Waals surface area contributed by atoms with Crippen molar-refractivity contribution in [2.24, 2.45) is 0 Å². The summed E-state index contributed by atoms with van der Waals surface area (Å²) >= 11 is 0. The zero-order chi connectivity index (χ0) is 17.4. The molecular formula is C17H17FN6O. The second kappa shape index (κ2) is 6.12. The zero-order valence-corrected chi connectivity index (χ0v) is 13.7. The van der Waals surface area contributed by atoms with Crippen LogP contribution in [0.5, 0.6) is 0 Å². The van der Waals surface area contributed by atoms with E-state index in [0.29, 0.717) is 42.5 Å². The lowest BCUT2D eigenvalue weighted by atomic mass is 10.3. The van der Waals surface area contributed by atoms with Gasteiger partial charge in [-0.3, -0.25) is 4.79 Å². The summed E-state index contributed by atoms with van der Waals surface area (Å²) in [5, 5.41) is 7.27. The molecule has 3 aromatic rings. The number of hydrogen-bond acceptors (Lipinski definition) is 5. The summed E-state index contributed by atoms with van der Waals surface area (Å²) in [5.41, 5.74) is 1.69. The van der Waals surface area contributed by atoms with Crippen LogP contribution in [0, 0.1) is 6.92 Å². The fourth-order valence-electron chi connectivity index (χ4n) is 2.89. The van der Waals surface area contributed by atoms with Gasteiger partial charge in [-0.15, -0.1) is 5.10 Å². The first-order valence-electron chi connectivity index (χ1n) is 8.09. The number of rotatable bonds is 3. The van der Waals surface area contributed by atoms with Crippen molar-refractivity contribution in [2.45, 2.75) is 19.5 Å². The number of fused-ring (bicyclic) bond motifs is 1. The Bertz CT molecular complexity index is 940. The number of alkyl halides is 1. The van der Waals surface area contributed by atoms with Crippen LogP contribution in [0.4, 0.5) is 16.0 Å². The van der Waals surface area contributed by atoms with Gasteiger partial charge in [-0.1, -0.05) is 6.07 Å². The van der Waals surface area contributed by atoms with Crippen LogP contribution in [0.1, 0.15) is 22.6 Å². The van der Waals surface area contributed by atoms with E-state index in [1.807, 2.05) is 24.0 Å². The van der Waals surface area contributed by atoms with Gasteiger partial charge in [0.25, 0.3) is 5.91 Å². The van der Waals surface area contributed by atoms with Gasteiger partial charge in [0.2, 0.25) is 0 Å². The van der Waals surface area contributed by atoms with Gasteiger partial charge in [0, 0.05) is 12.2 Å². The molecule has 1 aliphatic rings. The fraction of sp³-hybridized carbons (Fsp3) is 0.294. The van der Waals surface area contributed by atoms with Crippen molar-refractivity contribution in [3.05, 3.63) is 47.9 Å². The first-order chi connectivity index (χ1) is 12.1. The molecule has 7 nitrogen and oxygen atoms in total. The van der Waals surface area contributed by atoms with Crippen LogP contribution in [0.3, 0.4) is 0 Å². The Labute approximate surface area is 143 Å². The van der Waals surface area contributed by atoms with E-state index in [-0.39, 0.29) is 5.91 Å². The molecule has 0 saturated carbocycles. The van der Waals surface area contributed by atoms with Crippen LogP contribution >= 0.6 is 0 Å². The molecule has 8 heteroatoms. The van der Waals surface area contributed by atoms with Crippen LogP contribution in [0.25, 0.3) is 5.65 Å². The second-order valence-electron chi connectivity index (χ2n) is 6.06. The monoisotopic (exact) mass is 340 g/mol. The minimum Gasteiger partial charge on any atom is -0.352 e. The summed E-state index contributed by atoms with van der Waals surface area (Å²) in [4.78, 5) is 22.7. The molecule has 0 aliphatic carbocycles. The van der Waals surface area contributed by atoms with Gasteiger partial charge in [0.05, 0.1) is 12.7 Å². The molecule has 0 spiro atoms. The van der Waals surface area contributed by atoms with Crippen LogP contribution in [0.2, 0.25) is 0 Å². The lowest BCUT2D eigenvalue weighted by molar-refractivity contribution is 0.102. The molecule has 1 amide bonds. The molecule has 0 radical (unpaired) electrons. The number of nitrogens with one attached hydrogen (secondary N) is 1. The average Bonchev–Trinajstić information content (AvgIpc) is 3.21. The number of imidazole rings is 1. The third-order valence-electron chi connectivity index (χ3n) is 4.17. The number of pyridine rings is 1. The largest absolute Gasteiger partial charge is 0.352 e. The van der Waals surface area contributed by atoms with E-state index in [1.54, 1.807) is 28.9 Å². The van der Waals surface area contributed by atoms with E-state index < -0.39 is 6.17 Å². The van der Waals surface area contributed by atoms with Crippen molar-refractivity contribution in [3.63, 3.8) is 0 Å². The van der Waals surface area contributed by atoms with Gasteiger partial charge >= 0.3 is 0 Å². The second-order valence-corrected chi connectivity index (χ2v) is 6.06. The van der Waals surface area contributed by atoms with E-state index >= 15 is 0 Å². The maximum Gasteiger partial charge on any atom is 0.275 e. The highest BCUT2D eigenvalue weighted by Crippen LogP contribution is 2.21. The lowest BCUT2D eigenvalue weighted by Crippen LogP contribution is -2.22. The molecular weight excluding hydrogens is 323 g/mol. The lowest BCUT2D eigenvalue weighted by Gasteiger charge is -2.16. The Balaban J connectivity index is 1.62. The minimum atomic E-state index is -0.827. The maximum absolute atomic E-state index is 13.4. The number of carbonyl (C=O) groups is 1. The van der Waals surface area contributed by atoms with Gasteiger partial charge in [-0.25, -0.2) is 14.4 Å². The van der Waals surface area contributed by atoms with Crippen LogP contribution in [0.15, 0.2) is 36.5 Å². The SMILES string of the molecule is Cc1cccc(C(=O)Nc2cnc3ccc(N4CC[C@H](F)C4)nn23)n1. The third kappa shape index (κ3) is 3.02. The van der Waals surface area contributed by atoms with Crippen molar-refractivity contribution < 1.29 is 9.18 Å². The number of carbonyl (C=O) groups excluding carboxylic acids is 1. The van der Waals surface area contributed by atoms with E-state index in [4.69, 9.17) is 0 Å². The summed E-state index contributed by atoms with van der Waals surface area (Å²) in [5.74, 6) is 0.777. The van der Waals surface area contributed by atoms with E-state index in [1.165, 1.54) is 0 Å². The quantitative estimate of drug-likeness (QED) is 0.791. The highest BCUT2D eigenvalue weighted by molar-refractivity contribution is 6.02. The van der Waals surface area contributed by atoms with Gasteiger partial charge in [0.1, 0.15) is 17.7 Å². The molecule has 1 N–H and O–H groups in total. The van der Waals surface area contributed by atoms with Crippen molar-refractivity contribution in [3.8, 4) is 0 Å². The number of amides is 1. The molecule has 128 valence electrons. The fourth-order valence-corrected chi connectivity index (χ4v) is 2.89. The Morgan fingerprint density at radius 3 is 2.96 bits per heavy atom. The summed E-state index contributed by atoms with van der Waals surface area (Å²) in [6.45, 7) is 2.79. The normalized spacial score (nSPS) is 17.2. The molecule has 0 unspecified atom stereocenters. The highest BCUT2D eigenvalue weighted by atomic mass is 19.1. The smallest absolute Gasteiger partial charge is 0.275 e.